The molecule has 1 aromatic carbocycles. The molecule has 0 aliphatic carbocycles. The quantitative estimate of drug-likeness (QED) is 0.928. The van der Waals surface area contributed by atoms with Crippen LogP contribution in [0.3, 0.4) is 0 Å². The van der Waals surface area contributed by atoms with Gasteiger partial charge in [-0.15, -0.1) is 12.4 Å². The molecule has 1 amide bonds. The van der Waals surface area contributed by atoms with Crippen LogP contribution in [0.15, 0.2) is 12.1 Å². The van der Waals surface area contributed by atoms with E-state index >= 15 is 0 Å². The fraction of sp³-hybridized carbons (Fsp3) is 0.462. The van der Waals surface area contributed by atoms with Crippen LogP contribution in [0, 0.1) is 23.4 Å². The minimum atomic E-state index is -1.15. The predicted octanol–water partition coefficient (Wildman–Crippen LogP) is 2.21. The Kier molecular flexibility index (Phi) is 5.83. The molecule has 0 radical (unpaired) electrons. The first kappa shape index (κ1) is 16.8. The summed E-state index contributed by atoms with van der Waals surface area (Å²) < 4.78 is 39.8. The van der Waals surface area contributed by atoms with Gasteiger partial charge in [0.2, 0.25) is 0 Å². The van der Waals surface area contributed by atoms with Gasteiger partial charge >= 0.3 is 0 Å². The second-order valence-corrected chi connectivity index (χ2v) is 4.71. The summed E-state index contributed by atoms with van der Waals surface area (Å²) in [6.45, 7) is 1.66. The van der Waals surface area contributed by atoms with Crippen molar-refractivity contribution in [2.24, 2.45) is 5.92 Å². The number of hydrogen-bond acceptors (Lipinski definition) is 2. The highest BCUT2D eigenvalue weighted by Crippen LogP contribution is 2.22. The van der Waals surface area contributed by atoms with E-state index in [4.69, 9.17) is 0 Å². The molecular formula is C13H16ClF3N2O. The molecule has 3 nitrogen and oxygen atoms in total. The van der Waals surface area contributed by atoms with E-state index in [1.807, 2.05) is 7.05 Å². The zero-order valence-corrected chi connectivity index (χ0v) is 11.8. The minimum Gasteiger partial charge on any atom is -0.338 e. The number of amides is 1. The summed E-state index contributed by atoms with van der Waals surface area (Å²) in [6, 6.07) is 1.05. The Morgan fingerprint density at radius 1 is 1.35 bits per heavy atom. The molecule has 0 spiro atoms. The third-order valence-corrected chi connectivity index (χ3v) is 3.29. The van der Waals surface area contributed by atoms with Crippen molar-refractivity contribution in [2.75, 3.05) is 26.7 Å². The molecule has 1 atom stereocenters. The molecule has 112 valence electrons. The Balaban J connectivity index is 0.00000200. The highest BCUT2D eigenvalue weighted by Gasteiger charge is 2.30. The zero-order chi connectivity index (χ0) is 14.0. The summed E-state index contributed by atoms with van der Waals surface area (Å²) in [7, 11) is 1.81. The Morgan fingerprint density at radius 2 is 1.95 bits per heavy atom. The molecule has 0 bridgehead atoms. The van der Waals surface area contributed by atoms with Crippen LogP contribution in [0.25, 0.3) is 0 Å². The lowest BCUT2D eigenvalue weighted by atomic mass is 10.1. The normalized spacial score (nSPS) is 18.0. The molecule has 1 aliphatic heterocycles. The highest BCUT2D eigenvalue weighted by molar-refractivity contribution is 5.95. The molecule has 1 unspecified atom stereocenters. The Bertz CT molecular complexity index is 475. The lowest BCUT2D eigenvalue weighted by Gasteiger charge is -2.17. The lowest BCUT2D eigenvalue weighted by Crippen LogP contribution is -2.31. The van der Waals surface area contributed by atoms with Crippen molar-refractivity contribution in [3.05, 3.63) is 35.1 Å². The van der Waals surface area contributed by atoms with Gasteiger partial charge in [-0.3, -0.25) is 4.79 Å². The summed E-state index contributed by atoms with van der Waals surface area (Å²) >= 11 is 0. The SMILES string of the molecule is CNCC1CCN(C(=O)c2c(F)cc(F)cc2F)C1.Cl. The van der Waals surface area contributed by atoms with E-state index in [0.717, 1.165) is 13.0 Å². The van der Waals surface area contributed by atoms with Gasteiger partial charge in [-0.25, -0.2) is 13.2 Å². The fourth-order valence-corrected chi connectivity index (χ4v) is 2.38. The molecule has 7 heteroatoms. The van der Waals surface area contributed by atoms with E-state index in [1.165, 1.54) is 4.90 Å². The number of benzene rings is 1. The van der Waals surface area contributed by atoms with Crippen molar-refractivity contribution < 1.29 is 18.0 Å². The van der Waals surface area contributed by atoms with Gasteiger partial charge in [0.15, 0.2) is 0 Å². The van der Waals surface area contributed by atoms with Gasteiger partial charge in [0, 0.05) is 25.2 Å². The fourth-order valence-electron chi connectivity index (χ4n) is 2.38. The second kappa shape index (κ2) is 6.95. The number of carbonyl (C=O) groups excluding carboxylic acids is 1. The van der Waals surface area contributed by atoms with Gasteiger partial charge in [0.05, 0.1) is 0 Å². The Hall–Kier alpha value is -1.27. The average molecular weight is 309 g/mol. The molecule has 1 heterocycles. The van der Waals surface area contributed by atoms with Crippen LogP contribution in [0.1, 0.15) is 16.8 Å². The Morgan fingerprint density at radius 3 is 2.50 bits per heavy atom. The van der Waals surface area contributed by atoms with Crippen molar-refractivity contribution in [2.45, 2.75) is 6.42 Å². The zero-order valence-electron chi connectivity index (χ0n) is 11.0. The molecule has 1 fully saturated rings. The van der Waals surface area contributed by atoms with Gasteiger partial charge in [0.1, 0.15) is 23.0 Å². The lowest BCUT2D eigenvalue weighted by molar-refractivity contribution is 0.0777. The third-order valence-electron chi connectivity index (χ3n) is 3.29. The summed E-state index contributed by atoms with van der Waals surface area (Å²) in [4.78, 5) is 13.5. The topological polar surface area (TPSA) is 32.3 Å². The standard InChI is InChI=1S/C13H15F3N2O.ClH/c1-17-6-8-2-3-18(7-8)13(19)12-10(15)4-9(14)5-11(12)16;/h4-5,8,17H,2-3,6-7H2,1H3;1H. The molecule has 0 aromatic heterocycles. The van der Waals surface area contributed by atoms with Gasteiger partial charge in [-0.05, 0) is 25.9 Å². The van der Waals surface area contributed by atoms with E-state index in [0.29, 0.717) is 25.2 Å². The number of nitrogens with one attached hydrogen (secondary N) is 1. The van der Waals surface area contributed by atoms with Gasteiger partial charge in [0.25, 0.3) is 5.91 Å². The predicted molar refractivity (Wildman–Crippen MR) is 71.5 cm³/mol. The van der Waals surface area contributed by atoms with Crippen LogP contribution in [-0.2, 0) is 0 Å². The second-order valence-electron chi connectivity index (χ2n) is 4.71. The van der Waals surface area contributed by atoms with Crippen LogP contribution in [0.4, 0.5) is 13.2 Å². The van der Waals surface area contributed by atoms with Crippen LogP contribution in [-0.4, -0.2) is 37.5 Å². The monoisotopic (exact) mass is 308 g/mol. The maximum Gasteiger partial charge on any atom is 0.259 e. The van der Waals surface area contributed by atoms with Crippen molar-refractivity contribution in [1.82, 2.24) is 10.2 Å². The van der Waals surface area contributed by atoms with Crippen LogP contribution in [0.2, 0.25) is 0 Å². The number of rotatable bonds is 3. The van der Waals surface area contributed by atoms with Gasteiger partial charge < -0.3 is 10.2 Å². The Labute approximate surface area is 121 Å². The van der Waals surface area contributed by atoms with Gasteiger partial charge in [-0.2, -0.15) is 0 Å². The minimum absolute atomic E-state index is 0. The van der Waals surface area contributed by atoms with Crippen molar-refractivity contribution in [1.29, 1.82) is 0 Å². The van der Waals surface area contributed by atoms with Crippen molar-refractivity contribution >= 4 is 18.3 Å². The molecule has 2 rings (SSSR count). The van der Waals surface area contributed by atoms with Crippen LogP contribution in [0.5, 0.6) is 0 Å². The van der Waals surface area contributed by atoms with Crippen LogP contribution >= 0.6 is 12.4 Å². The number of halogens is 4. The molecule has 20 heavy (non-hydrogen) atoms. The maximum absolute atomic E-state index is 13.5. The van der Waals surface area contributed by atoms with E-state index < -0.39 is 28.9 Å². The molecule has 1 saturated heterocycles. The summed E-state index contributed by atoms with van der Waals surface area (Å²) in [5.41, 5.74) is -0.675. The van der Waals surface area contributed by atoms with E-state index in [-0.39, 0.29) is 18.3 Å². The highest BCUT2D eigenvalue weighted by atomic mass is 35.5. The number of carbonyl (C=O) groups is 1. The maximum atomic E-state index is 13.5. The van der Waals surface area contributed by atoms with E-state index in [9.17, 15) is 18.0 Å². The first-order valence-corrected chi connectivity index (χ1v) is 6.11. The molecule has 1 aliphatic rings. The summed E-state index contributed by atoms with van der Waals surface area (Å²) in [5, 5.41) is 3.00. The molecule has 0 saturated carbocycles. The largest absolute Gasteiger partial charge is 0.338 e. The van der Waals surface area contributed by atoms with E-state index in [1.54, 1.807) is 0 Å². The van der Waals surface area contributed by atoms with Crippen molar-refractivity contribution in [3.8, 4) is 0 Å². The van der Waals surface area contributed by atoms with Crippen molar-refractivity contribution in [3.63, 3.8) is 0 Å². The number of likely N-dealkylation sites (tertiary alicyclic amines) is 1. The molecule has 1 N–H and O–H groups in total. The summed E-state index contributed by atoms with van der Waals surface area (Å²) in [5.74, 6) is -3.77. The smallest absolute Gasteiger partial charge is 0.259 e. The average Bonchev–Trinajstić information content (AvgIpc) is 2.76. The van der Waals surface area contributed by atoms with Crippen LogP contribution < -0.4 is 5.32 Å². The van der Waals surface area contributed by atoms with Gasteiger partial charge in [-0.1, -0.05) is 0 Å². The first-order chi connectivity index (χ1) is 9.02. The number of nitrogens with zero attached hydrogens (tertiary/aromatic N) is 1. The third kappa shape index (κ3) is 3.43. The number of hydrogen-bond donors (Lipinski definition) is 1. The van der Waals surface area contributed by atoms with E-state index in [2.05, 4.69) is 5.32 Å². The first-order valence-electron chi connectivity index (χ1n) is 6.11. The molecular weight excluding hydrogens is 293 g/mol. The summed E-state index contributed by atoms with van der Waals surface area (Å²) in [6.07, 6.45) is 0.789. The molecule has 1 aromatic rings.